The number of hydrogen-bond donors (Lipinski definition) is 1. The molecule has 1 amide bonds. The number of hydrogen-bond acceptors (Lipinski definition) is 6. The molecule has 140 valence electrons. The van der Waals surface area contributed by atoms with Crippen LogP contribution in [0.3, 0.4) is 0 Å². The van der Waals surface area contributed by atoms with E-state index in [0.717, 1.165) is 11.3 Å². The molecule has 0 radical (unpaired) electrons. The summed E-state index contributed by atoms with van der Waals surface area (Å²) in [4.78, 5) is 12.6. The number of rotatable bonds is 6. The molecule has 0 aliphatic rings. The van der Waals surface area contributed by atoms with Crippen LogP contribution in [0.1, 0.15) is 12.5 Å². The molecular formula is C18H18ClN5O2S. The fourth-order valence-electron chi connectivity index (χ4n) is 2.32. The fraction of sp³-hybridized carbons (Fsp3) is 0.222. The van der Waals surface area contributed by atoms with E-state index in [2.05, 4.69) is 20.8 Å². The lowest BCUT2D eigenvalue weighted by Gasteiger charge is -2.14. The van der Waals surface area contributed by atoms with Gasteiger partial charge in [0.2, 0.25) is 11.1 Å². The maximum atomic E-state index is 12.6. The summed E-state index contributed by atoms with van der Waals surface area (Å²) in [6.45, 7) is 3.79. The summed E-state index contributed by atoms with van der Waals surface area (Å²) in [6.07, 6.45) is 0. The van der Waals surface area contributed by atoms with Gasteiger partial charge in [-0.2, -0.15) is 4.68 Å². The van der Waals surface area contributed by atoms with E-state index in [1.165, 1.54) is 18.9 Å². The van der Waals surface area contributed by atoms with E-state index in [4.69, 9.17) is 16.3 Å². The van der Waals surface area contributed by atoms with Crippen LogP contribution in [0.2, 0.25) is 5.02 Å². The van der Waals surface area contributed by atoms with E-state index < -0.39 is 5.25 Å². The Balaban J connectivity index is 1.74. The van der Waals surface area contributed by atoms with Crippen molar-refractivity contribution in [3.8, 4) is 11.4 Å². The minimum atomic E-state index is -0.441. The van der Waals surface area contributed by atoms with Crippen molar-refractivity contribution in [2.75, 3.05) is 12.4 Å². The molecule has 1 heterocycles. The van der Waals surface area contributed by atoms with E-state index in [1.807, 2.05) is 31.2 Å². The first-order chi connectivity index (χ1) is 13.0. The molecule has 1 atom stereocenters. The van der Waals surface area contributed by atoms with Gasteiger partial charge >= 0.3 is 0 Å². The Morgan fingerprint density at radius 2 is 2.00 bits per heavy atom. The fourth-order valence-corrected chi connectivity index (χ4v) is 3.30. The molecule has 0 spiro atoms. The monoisotopic (exact) mass is 403 g/mol. The lowest BCUT2D eigenvalue weighted by molar-refractivity contribution is -0.115. The zero-order valence-electron chi connectivity index (χ0n) is 15.0. The largest absolute Gasteiger partial charge is 0.495 e. The molecule has 3 aromatic rings. The maximum absolute atomic E-state index is 12.6. The summed E-state index contributed by atoms with van der Waals surface area (Å²) >= 11 is 7.27. The SMILES string of the molecule is COc1ccc(Cl)cc1NC(=O)[C@H](C)Sc1nnnn1-c1ccc(C)cc1. The Hall–Kier alpha value is -2.58. The van der Waals surface area contributed by atoms with Gasteiger partial charge in [-0.1, -0.05) is 41.1 Å². The smallest absolute Gasteiger partial charge is 0.237 e. The molecule has 0 saturated carbocycles. The van der Waals surface area contributed by atoms with Crippen LogP contribution < -0.4 is 10.1 Å². The van der Waals surface area contributed by atoms with Crippen LogP contribution >= 0.6 is 23.4 Å². The van der Waals surface area contributed by atoms with Gasteiger partial charge in [0.15, 0.2) is 0 Å². The van der Waals surface area contributed by atoms with Crippen molar-refractivity contribution in [1.82, 2.24) is 20.2 Å². The highest BCUT2D eigenvalue weighted by molar-refractivity contribution is 8.00. The van der Waals surface area contributed by atoms with E-state index in [1.54, 1.807) is 29.8 Å². The van der Waals surface area contributed by atoms with Crippen LogP contribution in [-0.4, -0.2) is 38.5 Å². The van der Waals surface area contributed by atoms with Crippen molar-refractivity contribution in [2.24, 2.45) is 0 Å². The molecule has 0 aliphatic carbocycles. The first-order valence-electron chi connectivity index (χ1n) is 8.14. The van der Waals surface area contributed by atoms with E-state index >= 15 is 0 Å². The molecular weight excluding hydrogens is 386 g/mol. The molecule has 1 aromatic heterocycles. The highest BCUT2D eigenvalue weighted by Gasteiger charge is 2.20. The maximum Gasteiger partial charge on any atom is 0.237 e. The highest BCUT2D eigenvalue weighted by atomic mass is 35.5. The van der Waals surface area contributed by atoms with Gasteiger partial charge in [0, 0.05) is 5.02 Å². The predicted octanol–water partition coefficient (Wildman–Crippen LogP) is 3.75. The van der Waals surface area contributed by atoms with Crippen molar-refractivity contribution < 1.29 is 9.53 Å². The number of carbonyl (C=O) groups is 1. The lowest BCUT2D eigenvalue weighted by Crippen LogP contribution is -2.23. The Morgan fingerprint density at radius 3 is 2.70 bits per heavy atom. The van der Waals surface area contributed by atoms with Gasteiger partial charge in [-0.25, -0.2) is 0 Å². The van der Waals surface area contributed by atoms with Gasteiger partial charge in [-0.3, -0.25) is 4.79 Å². The van der Waals surface area contributed by atoms with Crippen molar-refractivity contribution in [3.63, 3.8) is 0 Å². The number of anilines is 1. The van der Waals surface area contributed by atoms with Gasteiger partial charge in [0.25, 0.3) is 0 Å². The second-order valence-corrected chi connectivity index (χ2v) is 7.55. The van der Waals surface area contributed by atoms with Crippen molar-refractivity contribution in [2.45, 2.75) is 24.3 Å². The van der Waals surface area contributed by atoms with Gasteiger partial charge in [0.1, 0.15) is 5.75 Å². The summed E-state index contributed by atoms with van der Waals surface area (Å²) in [5.41, 5.74) is 2.49. The van der Waals surface area contributed by atoms with Gasteiger partial charge in [-0.15, -0.1) is 5.10 Å². The van der Waals surface area contributed by atoms with Gasteiger partial charge in [-0.05, 0) is 54.6 Å². The summed E-state index contributed by atoms with van der Waals surface area (Å²) < 4.78 is 6.86. The topological polar surface area (TPSA) is 81.9 Å². The zero-order chi connectivity index (χ0) is 19.4. The molecule has 0 aliphatic heterocycles. The number of tetrazole rings is 1. The average molecular weight is 404 g/mol. The number of aryl methyl sites for hydroxylation is 1. The Labute approximate surface area is 166 Å². The van der Waals surface area contributed by atoms with Crippen molar-refractivity contribution in [1.29, 1.82) is 0 Å². The number of aromatic nitrogens is 4. The quantitative estimate of drug-likeness (QED) is 0.631. The second kappa shape index (κ2) is 8.41. The first-order valence-corrected chi connectivity index (χ1v) is 9.40. The third-order valence-corrected chi connectivity index (χ3v) is 5.06. The summed E-state index contributed by atoms with van der Waals surface area (Å²) in [6, 6.07) is 12.9. The molecule has 7 nitrogen and oxygen atoms in total. The number of nitrogens with one attached hydrogen (secondary N) is 1. The second-order valence-electron chi connectivity index (χ2n) is 5.80. The normalized spacial score (nSPS) is 11.9. The minimum absolute atomic E-state index is 0.209. The number of thioether (sulfide) groups is 1. The van der Waals surface area contributed by atoms with Crippen LogP contribution in [-0.2, 0) is 4.79 Å². The molecule has 0 fully saturated rings. The molecule has 27 heavy (non-hydrogen) atoms. The molecule has 0 unspecified atom stereocenters. The standard InChI is InChI=1S/C18H18ClN5O2S/c1-11-4-7-14(8-5-11)24-18(21-22-23-24)27-12(2)17(25)20-15-10-13(19)6-9-16(15)26-3/h4-10,12H,1-3H3,(H,20,25)/t12-/m0/s1. The van der Waals surface area contributed by atoms with Crippen LogP contribution in [0.5, 0.6) is 5.75 Å². The number of nitrogens with zero attached hydrogens (tertiary/aromatic N) is 4. The summed E-state index contributed by atoms with van der Waals surface area (Å²) in [7, 11) is 1.53. The number of halogens is 1. The molecule has 1 N–H and O–H groups in total. The predicted molar refractivity (Wildman–Crippen MR) is 106 cm³/mol. The number of methoxy groups -OCH3 is 1. The minimum Gasteiger partial charge on any atom is -0.495 e. The zero-order valence-corrected chi connectivity index (χ0v) is 16.6. The van der Waals surface area contributed by atoms with Crippen LogP contribution in [0, 0.1) is 6.92 Å². The molecule has 0 saturated heterocycles. The molecule has 2 aromatic carbocycles. The Kier molecular flexibility index (Phi) is 5.98. The van der Waals surface area contributed by atoms with Crippen LogP contribution in [0.4, 0.5) is 5.69 Å². The van der Waals surface area contributed by atoms with E-state index in [-0.39, 0.29) is 5.91 Å². The number of carbonyl (C=O) groups excluding carboxylic acids is 1. The lowest BCUT2D eigenvalue weighted by atomic mass is 10.2. The molecule has 9 heteroatoms. The highest BCUT2D eigenvalue weighted by Crippen LogP contribution is 2.29. The number of ether oxygens (including phenoxy) is 1. The summed E-state index contributed by atoms with van der Waals surface area (Å²) in [5.74, 6) is 0.327. The van der Waals surface area contributed by atoms with Gasteiger partial charge < -0.3 is 10.1 Å². The number of benzene rings is 2. The van der Waals surface area contributed by atoms with Crippen LogP contribution in [0.25, 0.3) is 5.69 Å². The third kappa shape index (κ3) is 4.58. The van der Waals surface area contributed by atoms with Crippen molar-refractivity contribution in [3.05, 3.63) is 53.1 Å². The van der Waals surface area contributed by atoms with Crippen molar-refractivity contribution >= 4 is 35.0 Å². The third-order valence-electron chi connectivity index (χ3n) is 3.79. The number of amides is 1. The van der Waals surface area contributed by atoms with E-state index in [9.17, 15) is 4.79 Å². The average Bonchev–Trinajstić information content (AvgIpc) is 3.10. The Bertz CT molecular complexity index is 945. The van der Waals surface area contributed by atoms with Gasteiger partial charge in [0.05, 0.1) is 23.7 Å². The molecule has 3 rings (SSSR count). The molecule has 0 bridgehead atoms. The first kappa shape index (κ1) is 19.2. The summed E-state index contributed by atoms with van der Waals surface area (Å²) in [5, 5.41) is 15.2. The van der Waals surface area contributed by atoms with E-state index in [0.29, 0.717) is 21.6 Å². The van der Waals surface area contributed by atoms with Crippen LogP contribution in [0.15, 0.2) is 47.6 Å². The Morgan fingerprint density at radius 1 is 1.26 bits per heavy atom.